The number of hydrogen-bond acceptors (Lipinski definition) is 2. The molecule has 0 aliphatic rings. The first-order chi connectivity index (χ1) is 22.8. The lowest BCUT2D eigenvalue weighted by molar-refractivity contribution is 1.08. The summed E-state index contributed by atoms with van der Waals surface area (Å²) in [4.78, 5) is 10.6. The van der Waals surface area contributed by atoms with Crippen LogP contribution in [0, 0.1) is 0 Å². The van der Waals surface area contributed by atoms with Crippen molar-refractivity contribution < 1.29 is 0 Å². The third-order valence-corrected chi connectivity index (χ3v) is 9.81. The van der Waals surface area contributed by atoms with E-state index >= 15 is 0 Å². The number of nitrogens with zero attached hydrogens (tertiary/aromatic N) is 4. The summed E-state index contributed by atoms with van der Waals surface area (Å²) in [7, 11) is 0. The summed E-state index contributed by atoms with van der Waals surface area (Å²) in [5.74, 6) is 0.835. The van der Waals surface area contributed by atoms with Gasteiger partial charge in [-0.25, -0.2) is 9.97 Å². The van der Waals surface area contributed by atoms with Gasteiger partial charge in [0.05, 0.1) is 38.6 Å². The monoisotopic (exact) mass is 584 g/mol. The summed E-state index contributed by atoms with van der Waals surface area (Å²) in [5.41, 5.74) is 9.57. The number of hydrogen-bond donors (Lipinski definition) is 0. The van der Waals surface area contributed by atoms with E-state index in [4.69, 9.17) is 9.97 Å². The van der Waals surface area contributed by atoms with Crippen LogP contribution in [0.2, 0.25) is 0 Å². The molecule has 0 N–H and O–H groups in total. The van der Waals surface area contributed by atoms with Gasteiger partial charge in [-0.3, -0.25) is 4.57 Å². The van der Waals surface area contributed by atoms with Crippen molar-refractivity contribution in [2.75, 3.05) is 0 Å². The molecule has 7 aromatic carbocycles. The Morgan fingerprint density at radius 2 is 1.02 bits per heavy atom. The van der Waals surface area contributed by atoms with Crippen molar-refractivity contribution in [3.8, 4) is 17.1 Å². The smallest absolute Gasteiger partial charge is 0.165 e. The average Bonchev–Trinajstić information content (AvgIpc) is 3.60. The van der Waals surface area contributed by atoms with Crippen molar-refractivity contribution in [1.29, 1.82) is 0 Å². The second-order valence-electron chi connectivity index (χ2n) is 12.2. The van der Waals surface area contributed by atoms with Crippen LogP contribution in [0.5, 0.6) is 0 Å². The molecule has 0 atom stereocenters. The van der Waals surface area contributed by atoms with Gasteiger partial charge < -0.3 is 4.40 Å². The molecular formula is C42H24N4. The third-order valence-electron chi connectivity index (χ3n) is 9.81. The van der Waals surface area contributed by atoms with Crippen molar-refractivity contribution in [3.63, 3.8) is 0 Å². The molecule has 4 heteroatoms. The summed E-state index contributed by atoms with van der Waals surface area (Å²) < 4.78 is 4.84. The van der Waals surface area contributed by atoms with Crippen LogP contribution < -0.4 is 0 Å². The zero-order chi connectivity index (χ0) is 29.9. The Balaban J connectivity index is 1.40. The minimum absolute atomic E-state index is 0.835. The molecule has 0 fully saturated rings. The molecule has 11 rings (SSSR count). The highest BCUT2D eigenvalue weighted by Crippen LogP contribution is 2.45. The Hall–Kier alpha value is -6.26. The topological polar surface area (TPSA) is 35.1 Å². The molecule has 4 aromatic heterocycles. The van der Waals surface area contributed by atoms with Gasteiger partial charge in [0.1, 0.15) is 5.69 Å². The van der Waals surface area contributed by atoms with Gasteiger partial charge in [-0.1, -0.05) is 109 Å². The van der Waals surface area contributed by atoms with E-state index in [0.29, 0.717) is 0 Å². The van der Waals surface area contributed by atoms with Crippen LogP contribution in [-0.2, 0) is 0 Å². The van der Waals surface area contributed by atoms with E-state index in [1.807, 2.05) is 24.3 Å². The van der Waals surface area contributed by atoms with Gasteiger partial charge in [-0.05, 0) is 52.6 Å². The predicted molar refractivity (Wildman–Crippen MR) is 191 cm³/mol. The first-order valence-corrected chi connectivity index (χ1v) is 15.7. The largest absolute Gasteiger partial charge is 0.308 e. The van der Waals surface area contributed by atoms with Crippen LogP contribution in [0.15, 0.2) is 146 Å². The van der Waals surface area contributed by atoms with Crippen LogP contribution in [0.25, 0.3) is 98.8 Å². The molecule has 46 heavy (non-hydrogen) atoms. The van der Waals surface area contributed by atoms with Gasteiger partial charge >= 0.3 is 0 Å². The van der Waals surface area contributed by atoms with Gasteiger partial charge in [-0.15, -0.1) is 0 Å². The van der Waals surface area contributed by atoms with E-state index in [-0.39, 0.29) is 0 Å². The van der Waals surface area contributed by atoms with E-state index in [1.165, 1.54) is 59.6 Å². The summed E-state index contributed by atoms with van der Waals surface area (Å²) in [5, 5.41) is 10.1. The molecule has 0 saturated carbocycles. The van der Waals surface area contributed by atoms with Gasteiger partial charge in [0, 0.05) is 32.5 Å². The lowest BCUT2D eigenvalue weighted by Gasteiger charge is -2.14. The molecule has 0 saturated heterocycles. The van der Waals surface area contributed by atoms with Gasteiger partial charge in [0.2, 0.25) is 0 Å². The molecule has 0 bridgehead atoms. The van der Waals surface area contributed by atoms with Gasteiger partial charge in [-0.2, -0.15) is 0 Å². The second kappa shape index (κ2) is 8.68. The molecule has 0 unspecified atom stereocenters. The fourth-order valence-electron chi connectivity index (χ4n) is 7.97. The SMILES string of the molecule is c1ccc(-c2nc3ccccc3nc2-n2c3cccc4c5cccc6c7c8ccccc8ccc7n(c7cccc2c7c43)c56)cc1. The van der Waals surface area contributed by atoms with Crippen LogP contribution in [0.3, 0.4) is 0 Å². The van der Waals surface area contributed by atoms with E-state index in [0.717, 1.165) is 39.1 Å². The summed E-state index contributed by atoms with van der Waals surface area (Å²) in [6.07, 6.45) is 0. The maximum Gasteiger partial charge on any atom is 0.165 e. The predicted octanol–water partition coefficient (Wildman–Crippen LogP) is 10.7. The second-order valence-corrected chi connectivity index (χ2v) is 12.2. The number of aromatic nitrogens is 4. The maximum atomic E-state index is 5.35. The number of benzene rings is 7. The molecule has 0 aliphatic carbocycles. The zero-order valence-electron chi connectivity index (χ0n) is 24.6. The van der Waals surface area contributed by atoms with Crippen molar-refractivity contribution in [2.45, 2.75) is 0 Å². The Bertz CT molecular complexity index is 3020. The van der Waals surface area contributed by atoms with Crippen LogP contribution in [-0.4, -0.2) is 18.9 Å². The highest BCUT2D eigenvalue weighted by molar-refractivity contribution is 6.33. The van der Waals surface area contributed by atoms with E-state index in [1.54, 1.807) is 0 Å². The van der Waals surface area contributed by atoms with E-state index in [9.17, 15) is 0 Å². The fraction of sp³-hybridized carbons (Fsp3) is 0. The van der Waals surface area contributed by atoms with Gasteiger partial charge in [0.15, 0.2) is 5.82 Å². The maximum absolute atomic E-state index is 5.35. The Kier molecular flexibility index (Phi) is 4.55. The molecule has 212 valence electrons. The summed E-state index contributed by atoms with van der Waals surface area (Å²) >= 11 is 0. The van der Waals surface area contributed by atoms with Crippen LogP contribution >= 0.6 is 0 Å². The third kappa shape index (κ3) is 2.98. The molecule has 4 heterocycles. The summed E-state index contributed by atoms with van der Waals surface area (Å²) in [6.45, 7) is 0. The van der Waals surface area contributed by atoms with E-state index in [2.05, 4.69) is 130 Å². The van der Waals surface area contributed by atoms with Crippen LogP contribution in [0.1, 0.15) is 0 Å². The number of rotatable bonds is 2. The fourth-order valence-corrected chi connectivity index (χ4v) is 7.97. The van der Waals surface area contributed by atoms with Crippen LogP contribution in [0.4, 0.5) is 0 Å². The lowest BCUT2D eigenvalue weighted by atomic mass is 10.0. The molecular weight excluding hydrogens is 560 g/mol. The first-order valence-electron chi connectivity index (χ1n) is 15.7. The molecule has 0 aliphatic heterocycles. The highest BCUT2D eigenvalue weighted by Gasteiger charge is 2.24. The molecule has 0 spiro atoms. The average molecular weight is 585 g/mol. The zero-order valence-corrected chi connectivity index (χ0v) is 24.6. The number of fused-ring (bicyclic) bond motifs is 8. The standard InChI is InChI=1S/C42H24N4/c1-2-12-26(13-3-1)40-42(44-32-19-7-6-18-31(32)43-40)46-33-20-9-15-28-29-16-8-17-30-37-27-14-5-4-11-25(27)23-24-36(37)45(41(29)30)34-21-10-22-35(46)39(34)38(28)33/h1-24H. The Labute approximate surface area is 262 Å². The highest BCUT2D eigenvalue weighted by atomic mass is 15.1. The quantitative estimate of drug-likeness (QED) is 0.203. The first kappa shape index (κ1) is 24.1. The summed E-state index contributed by atoms with van der Waals surface area (Å²) in [6, 6.07) is 52.1. The molecule has 4 nitrogen and oxygen atoms in total. The van der Waals surface area contributed by atoms with Crippen molar-refractivity contribution >= 4 is 81.7 Å². The minimum atomic E-state index is 0.835. The van der Waals surface area contributed by atoms with E-state index < -0.39 is 0 Å². The Morgan fingerprint density at radius 3 is 1.91 bits per heavy atom. The lowest BCUT2D eigenvalue weighted by Crippen LogP contribution is -2.03. The molecule has 0 radical (unpaired) electrons. The molecule has 0 amide bonds. The minimum Gasteiger partial charge on any atom is -0.308 e. The van der Waals surface area contributed by atoms with Crippen molar-refractivity contribution in [1.82, 2.24) is 18.9 Å². The number of para-hydroxylation sites is 3. The van der Waals surface area contributed by atoms with Gasteiger partial charge in [0.25, 0.3) is 0 Å². The normalized spacial score (nSPS) is 12.3. The van der Waals surface area contributed by atoms with Crippen molar-refractivity contribution in [2.24, 2.45) is 0 Å². The van der Waals surface area contributed by atoms with Crippen molar-refractivity contribution in [3.05, 3.63) is 146 Å². The Morgan fingerprint density at radius 1 is 0.391 bits per heavy atom. The molecule has 11 aromatic rings.